The van der Waals surface area contributed by atoms with Gasteiger partial charge in [-0.3, -0.25) is 4.79 Å². The Labute approximate surface area is 155 Å². The lowest BCUT2D eigenvalue weighted by Crippen LogP contribution is -2.24. The summed E-state index contributed by atoms with van der Waals surface area (Å²) in [6, 6.07) is 26.6. The van der Waals surface area contributed by atoms with E-state index in [4.69, 9.17) is 0 Å². The third kappa shape index (κ3) is 4.73. The highest BCUT2D eigenvalue weighted by Gasteiger charge is 2.05. The lowest BCUT2D eigenvalue weighted by atomic mass is 10.0. The number of carbonyl (C=O) groups is 1. The van der Waals surface area contributed by atoms with Crippen LogP contribution in [0.15, 0.2) is 78.9 Å². The number of benzene rings is 3. The van der Waals surface area contributed by atoms with E-state index in [1.807, 2.05) is 56.6 Å². The highest BCUT2D eigenvalue weighted by atomic mass is 16.1. The van der Waals surface area contributed by atoms with Crippen molar-refractivity contribution in [2.24, 2.45) is 0 Å². The fourth-order valence-corrected chi connectivity index (χ4v) is 2.81. The molecule has 3 aromatic carbocycles. The first-order valence-corrected chi connectivity index (χ1v) is 8.79. The van der Waals surface area contributed by atoms with E-state index in [2.05, 4.69) is 46.6 Å². The zero-order valence-electron chi connectivity index (χ0n) is 15.3. The molecule has 3 nitrogen and oxygen atoms in total. The second-order valence-electron chi connectivity index (χ2n) is 6.58. The Morgan fingerprint density at radius 2 is 1.35 bits per heavy atom. The average Bonchev–Trinajstić information content (AvgIpc) is 2.68. The van der Waals surface area contributed by atoms with Crippen LogP contribution in [-0.4, -0.2) is 20.0 Å². The van der Waals surface area contributed by atoms with E-state index in [-0.39, 0.29) is 5.91 Å². The Bertz CT molecular complexity index is 838. The van der Waals surface area contributed by atoms with Gasteiger partial charge in [0.2, 0.25) is 5.91 Å². The summed E-state index contributed by atoms with van der Waals surface area (Å²) in [5.74, 6) is 0.0362. The molecule has 0 saturated heterocycles. The van der Waals surface area contributed by atoms with Crippen LogP contribution >= 0.6 is 0 Å². The molecule has 0 aliphatic carbocycles. The van der Waals surface area contributed by atoms with Crippen molar-refractivity contribution in [2.45, 2.75) is 13.0 Å². The lowest BCUT2D eigenvalue weighted by molar-refractivity contribution is -0.120. The SMILES string of the molecule is CN(C)c1ccc(CNC(=O)Cc2ccc(-c3ccccc3)cc2)cc1. The Hall–Kier alpha value is -3.07. The molecule has 0 unspecified atom stereocenters. The van der Waals surface area contributed by atoms with E-state index >= 15 is 0 Å². The van der Waals surface area contributed by atoms with Gasteiger partial charge in [0.05, 0.1) is 6.42 Å². The minimum Gasteiger partial charge on any atom is -0.378 e. The second kappa shape index (κ2) is 8.34. The van der Waals surface area contributed by atoms with Gasteiger partial charge in [0, 0.05) is 26.3 Å². The number of nitrogens with one attached hydrogen (secondary N) is 1. The van der Waals surface area contributed by atoms with Crippen molar-refractivity contribution in [3.8, 4) is 11.1 Å². The third-order valence-electron chi connectivity index (χ3n) is 4.37. The van der Waals surface area contributed by atoms with Crippen molar-refractivity contribution in [1.29, 1.82) is 0 Å². The minimum atomic E-state index is 0.0362. The van der Waals surface area contributed by atoms with E-state index < -0.39 is 0 Å². The molecule has 0 bridgehead atoms. The fourth-order valence-electron chi connectivity index (χ4n) is 2.81. The van der Waals surface area contributed by atoms with E-state index in [0.29, 0.717) is 13.0 Å². The molecule has 0 aromatic heterocycles. The normalized spacial score (nSPS) is 10.4. The summed E-state index contributed by atoms with van der Waals surface area (Å²) in [4.78, 5) is 14.3. The predicted octanol–water partition coefficient (Wildman–Crippen LogP) is 4.28. The summed E-state index contributed by atoms with van der Waals surface area (Å²) in [6.07, 6.45) is 0.394. The number of hydrogen-bond donors (Lipinski definition) is 1. The molecule has 0 heterocycles. The Morgan fingerprint density at radius 3 is 1.96 bits per heavy atom. The predicted molar refractivity (Wildman–Crippen MR) is 108 cm³/mol. The van der Waals surface area contributed by atoms with Crippen molar-refractivity contribution in [1.82, 2.24) is 5.32 Å². The highest BCUT2D eigenvalue weighted by Crippen LogP contribution is 2.19. The van der Waals surface area contributed by atoms with Gasteiger partial charge in [-0.2, -0.15) is 0 Å². The van der Waals surface area contributed by atoms with Crippen LogP contribution in [0.2, 0.25) is 0 Å². The van der Waals surface area contributed by atoms with Crippen LogP contribution in [0.3, 0.4) is 0 Å². The van der Waals surface area contributed by atoms with Gasteiger partial charge in [0.1, 0.15) is 0 Å². The summed E-state index contributed by atoms with van der Waals surface area (Å²) in [6.45, 7) is 0.550. The number of hydrogen-bond acceptors (Lipinski definition) is 2. The largest absolute Gasteiger partial charge is 0.378 e. The molecule has 3 rings (SSSR count). The van der Waals surface area contributed by atoms with Crippen LogP contribution in [-0.2, 0) is 17.8 Å². The summed E-state index contributed by atoms with van der Waals surface area (Å²) in [5, 5.41) is 2.99. The van der Waals surface area contributed by atoms with Gasteiger partial charge in [-0.05, 0) is 34.4 Å². The van der Waals surface area contributed by atoms with Crippen molar-refractivity contribution >= 4 is 11.6 Å². The third-order valence-corrected chi connectivity index (χ3v) is 4.37. The quantitative estimate of drug-likeness (QED) is 0.724. The maximum atomic E-state index is 12.2. The van der Waals surface area contributed by atoms with E-state index in [1.165, 1.54) is 5.56 Å². The molecule has 0 fully saturated rings. The molecule has 3 aromatic rings. The van der Waals surface area contributed by atoms with E-state index in [0.717, 1.165) is 22.4 Å². The van der Waals surface area contributed by atoms with Crippen molar-refractivity contribution < 1.29 is 4.79 Å². The van der Waals surface area contributed by atoms with Crippen molar-refractivity contribution in [3.05, 3.63) is 90.0 Å². The van der Waals surface area contributed by atoms with Gasteiger partial charge in [-0.25, -0.2) is 0 Å². The zero-order chi connectivity index (χ0) is 18.4. The minimum absolute atomic E-state index is 0.0362. The van der Waals surface area contributed by atoms with Crippen LogP contribution in [0.4, 0.5) is 5.69 Å². The summed E-state index contributed by atoms with van der Waals surface area (Å²) in [5.41, 5.74) is 5.62. The number of amides is 1. The van der Waals surface area contributed by atoms with Gasteiger partial charge in [0.25, 0.3) is 0 Å². The fraction of sp³-hybridized carbons (Fsp3) is 0.174. The molecule has 1 amide bonds. The number of nitrogens with zero attached hydrogens (tertiary/aromatic N) is 1. The zero-order valence-corrected chi connectivity index (χ0v) is 15.3. The first-order chi connectivity index (χ1) is 12.6. The van der Waals surface area contributed by atoms with Gasteiger partial charge >= 0.3 is 0 Å². The Morgan fingerprint density at radius 1 is 0.769 bits per heavy atom. The van der Waals surface area contributed by atoms with Gasteiger partial charge in [0.15, 0.2) is 0 Å². The van der Waals surface area contributed by atoms with Crippen LogP contribution in [0.5, 0.6) is 0 Å². The highest BCUT2D eigenvalue weighted by molar-refractivity contribution is 5.78. The number of anilines is 1. The average molecular weight is 344 g/mol. The molecule has 0 aliphatic rings. The lowest BCUT2D eigenvalue weighted by Gasteiger charge is -2.13. The molecular weight excluding hydrogens is 320 g/mol. The first kappa shape index (κ1) is 17.7. The summed E-state index contributed by atoms with van der Waals surface area (Å²) >= 11 is 0. The number of rotatable bonds is 6. The Kier molecular flexibility index (Phi) is 5.69. The van der Waals surface area contributed by atoms with Crippen LogP contribution in [0, 0.1) is 0 Å². The molecule has 1 N–H and O–H groups in total. The number of carbonyl (C=O) groups excluding carboxylic acids is 1. The molecule has 0 radical (unpaired) electrons. The van der Waals surface area contributed by atoms with Crippen molar-refractivity contribution in [2.75, 3.05) is 19.0 Å². The van der Waals surface area contributed by atoms with Crippen molar-refractivity contribution in [3.63, 3.8) is 0 Å². The first-order valence-electron chi connectivity index (χ1n) is 8.79. The maximum absolute atomic E-state index is 12.2. The topological polar surface area (TPSA) is 32.3 Å². The van der Waals surface area contributed by atoms with Crippen LogP contribution in [0.25, 0.3) is 11.1 Å². The summed E-state index contributed by atoms with van der Waals surface area (Å²) in [7, 11) is 4.03. The molecule has 132 valence electrons. The molecule has 0 aliphatic heterocycles. The molecule has 0 spiro atoms. The van der Waals surface area contributed by atoms with E-state index in [1.54, 1.807) is 0 Å². The smallest absolute Gasteiger partial charge is 0.224 e. The summed E-state index contributed by atoms with van der Waals surface area (Å²) < 4.78 is 0. The second-order valence-corrected chi connectivity index (χ2v) is 6.58. The van der Waals surface area contributed by atoms with Gasteiger partial charge in [-0.15, -0.1) is 0 Å². The maximum Gasteiger partial charge on any atom is 0.224 e. The molecule has 0 atom stereocenters. The molecule has 3 heteroatoms. The standard InChI is InChI=1S/C23H24N2O/c1-25(2)22-14-10-19(11-15-22)17-24-23(26)16-18-8-12-21(13-9-18)20-6-4-3-5-7-20/h3-15H,16-17H2,1-2H3,(H,24,26). The van der Waals surface area contributed by atoms with E-state index in [9.17, 15) is 4.79 Å². The molecular formula is C23H24N2O. The monoisotopic (exact) mass is 344 g/mol. The molecule has 26 heavy (non-hydrogen) atoms. The van der Waals surface area contributed by atoms with Gasteiger partial charge < -0.3 is 10.2 Å². The van der Waals surface area contributed by atoms with Crippen LogP contribution < -0.4 is 10.2 Å². The Balaban J connectivity index is 1.53. The van der Waals surface area contributed by atoms with Gasteiger partial charge in [-0.1, -0.05) is 66.7 Å². The molecule has 0 saturated carbocycles. The van der Waals surface area contributed by atoms with Crippen LogP contribution in [0.1, 0.15) is 11.1 Å².